The van der Waals surface area contributed by atoms with Crippen LogP contribution in [0.2, 0.25) is 5.02 Å². The maximum atomic E-state index is 9.93. The molecule has 0 saturated heterocycles. The highest BCUT2D eigenvalue weighted by atomic mass is 35.5. The summed E-state index contributed by atoms with van der Waals surface area (Å²) in [4.78, 5) is 4.40. The highest BCUT2D eigenvalue weighted by Crippen LogP contribution is 2.29. The predicted molar refractivity (Wildman–Crippen MR) is 107 cm³/mol. The molecular weight excluding hydrogens is 348 g/mol. The Kier molecular flexibility index (Phi) is 5.33. The molecule has 1 aromatic heterocycles. The molecule has 0 saturated carbocycles. The molecule has 0 aliphatic rings. The van der Waals surface area contributed by atoms with Crippen molar-refractivity contribution in [3.8, 4) is 17.2 Å². The number of nitrogens with zero attached hydrogens (tertiary/aromatic N) is 2. The first kappa shape index (κ1) is 18.1. The van der Waals surface area contributed by atoms with E-state index in [-0.39, 0.29) is 5.75 Å². The molecule has 3 rings (SSSR count). The summed E-state index contributed by atoms with van der Waals surface area (Å²) in [7, 11) is 0. The van der Waals surface area contributed by atoms with E-state index in [9.17, 15) is 5.11 Å². The van der Waals surface area contributed by atoms with Crippen LogP contribution in [0.1, 0.15) is 23.9 Å². The van der Waals surface area contributed by atoms with Gasteiger partial charge in [0.15, 0.2) is 0 Å². The Balaban J connectivity index is 1.91. The van der Waals surface area contributed by atoms with E-state index in [1.165, 1.54) is 6.07 Å². The number of benzene rings is 2. The minimum Gasteiger partial charge on any atom is -0.506 e. The standard InChI is InChI=1S/C21H21ClN2O2/c1-4-26-19-8-6-18(7-9-19)24-14(2)11-16(15(24)3)13-23-20-10-5-17(22)12-21(20)25/h5-13,25H,4H2,1-3H3. The summed E-state index contributed by atoms with van der Waals surface area (Å²) in [6, 6.07) is 15.0. The second kappa shape index (κ2) is 7.67. The van der Waals surface area contributed by atoms with Gasteiger partial charge in [-0.05, 0) is 63.2 Å². The third kappa shape index (κ3) is 3.75. The molecule has 0 spiro atoms. The van der Waals surface area contributed by atoms with E-state index in [1.54, 1.807) is 18.3 Å². The first-order valence-electron chi connectivity index (χ1n) is 8.44. The number of aliphatic imine (C=N–C) groups is 1. The summed E-state index contributed by atoms with van der Waals surface area (Å²) in [6.45, 7) is 6.73. The zero-order valence-electron chi connectivity index (χ0n) is 15.0. The summed E-state index contributed by atoms with van der Waals surface area (Å²) in [5.74, 6) is 0.924. The second-order valence-electron chi connectivity index (χ2n) is 5.98. The predicted octanol–water partition coefficient (Wildman–Crippen LogP) is 5.60. The van der Waals surface area contributed by atoms with Crippen LogP contribution in [0.5, 0.6) is 11.5 Å². The summed E-state index contributed by atoms with van der Waals surface area (Å²) < 4.78 is 7.67. The number of aromatic hydroxyl groups is 1. The molecule has 134 valence electrons. The van der Waals surface area contributed by atoms with Gasteiger partial charge < -0.3 is 14.4 Å². The van der Waals surface area contributed by atoms with Crippen LogP contribution in [0, 0.1) is 13.8 Å². The number of halogens is 1. The molecule has 2 aromatic carbocycles. The molecule has 0 radical (unpaired) electrons. The molecule has 0 fully saturated rings. The van der Waals surface area contributed by atoms with E-state index in [1.807, 2.05) is 38.1 Å². The van der Waals surface area contributed by atoms with Crippen molar-refractivity contribution in [2.45, 2.75) is 20.8 Å². The zero-order chi connectivity index (χ0) is 18.7. The van der Waals surface area contributed by atoms with Crippen molar-refractivity contribution in [3.05, 3.63) is 70.5 Å². The molecule has 4 nitrogen and oxygen atoms in total. The highest BCUT2D eigenvalue weighted by Gasteiger charge is 2.10. The van der Waals surface area contributed by atoms with Crippen LogP contribution < -0.4 is 4.74 Å². The first-order chi connectivity index (χ1) is 12.5. The molecule has 5 heteroatoms. The maximum Gasteiger partial charge on any atom is 0.142 e. The van der Waals surface area contributed by atoms with Gasteiger partial charge >= 0.3 is 0 Å². The van der Waals surface area contributed by atoms with E-state index in [4.69, 9.17) is 16.3 Å². The van der Waals surface area contributed by atoms with Crippen LogP contribution in [-0.4, -0.2) is 22.5 Å². The molecule has 1 N–H and O–H groups in total. The van der Waals surface area contributed by atoms with Crippen molar-refractivity contribution < 1.29 is 9.84 Å². The van der Waals surface area contributed by atoms with Crippen LogP contribution >= 0.6 is 11.6 Å². The topological polar surface area (TPSA) is 46.8 Å². The summed E-state index contributed by atoms with van der Waals surface area (Å²) in [5, 5.41) is 10.4. The van der Waals surface area contributed by atoms with Crippen LogP contribution in [-0.2, 0) is 0 Å². The molecule has 26 heavy (non-hydrogen) atoms. The summed E-state index contributed by atoms with van der Waals surface area (Å²) in [6.07, 6.45) is 1.76. The normalized spacial score (nSPS) is 11.2. The Morgan fingerprint density at radius 3 is 2.50 bits per heavy atom. The van der Waals surface area contributed by atoms with Gasteiger partial charge in [0.25, 0.3) is 0 Å². The van der Waals surface area contributed by atoms with Gasteiger partial charge in [-0.3, -0.25) is 4.99 Å². The second-order valence-corrected chi connectivity index (χ2v) is 6.42. The van der Waals surface area contributed by atoms with Crippen molar-refractivity contribution in [2.75, 3.05) is 6.61 Å². The Labute approximate surface area is 158 Å². The lowest BCUT2D eigenvalue weighted by Crippen LogP contribution is -2.00. The van der Waals surface area contributed by atoms with E-state index in [0.717, 1.165) is 28.4 Å². The molecule has 3 aromatic rings. The fourth-order valence-electron chi connectivity index (χ4n) is 2.92. The minimum absolute atomic E-state index is 0.0640. The first-order valence-corrected chi connectivity index (χ1v) is 8.82. The SMILES string of the molecule is CCOc1ccc(-n2c(C)cc(C=Nc3ccc(Cl)cc3O)c2C)cc1. The third-order valence-corrected chi connectivity index (χ3v) is 4.39. The molecule has 0 atom stereocenters. The monoisotopic (exact) mass is 368 g/mol. The maximum absolute atomic E-state index is 9.93. The lowest BCUT2D eigenvalue weighted by atomic mass is 10.2. The molecular formula is C21H21ClN2O2. The van der Waals surface area contributed by atoms with E-state index >= 15 is 0 Å². The van der Waals surface area contributed by atoms with Crippen LogP contribution in [0.25, 0.3) is 5.69 Å². The number of phenols is 1. The summed E-state index contributed by atoms with van der Waals surface area (Å²) in [5.41, 5.74) is 4.72. The number of aromatic nitrogens is 1. The Morgan fingerprint density at radius 2 is 1.85 bits per heavy atom. The third-order valence-electron chi connectivity index (χ3n) is 4.16. The largest absolute Gasteiger partial charge is 0.506 e. The van der Waals surface area contributed by atoms with E-state index in [0.29, 0.717) is 17.3 Å². The Hall–Kier alpha value is -2.72. The van der Waals surface area contributed by atoms with Crippen molar-refractivity contribution in [2.24, 2.45) is 4.99 Å². The number of hydrogen-bond donors (Lipinski definition) is 1. The molecule has 0 amide bonds. The average Bonchev–Trinajstić information content (AvgIpc) is 2.89. The van der Waals surface area contributed by atoms with Gasteiger partial charge in [-0.15, -0.1) is 0 Å². The Morgan fingerprint density at radius 1 is 1.12 bits per heavy atom. The van der Waals surface area contributed by atoms with Crippen molar-refractivity contribution in [3.63, 3.8) is 0 Å². The number of phenolic OH excluding ortho intramolecular Hbond substituents is 1. The van der Waals surface area contributed by atoms with Gasteiger partial charge in [0.1, 0.15) is 17.2 Å². The lowest BCUT2D eigenvalue weighted by Gasteiger charge is -2.11. The van der Waals surface area contributed by atoms with Gasteiger partial charge in [0.2, 0.25) is 0 Å². The number of aryl methyl sites for hydroxylation is 1. The van der Waals surface area contributed by atoms with Gasteiger partial charge in [-0.2, -0.15) is 0 Å². The minimum atomic E-state index is 0.0640. The van der Waals surface area contributed by atoms with Crippen LogP contribution in [0.15, 0.2) is 53.5 Å². The smallest absolute Gasteiger partial charge is 0.142 e. The summed E-state index contributed by atoms with van der Waals surface area (Å²) >= 11 is 5.86. The van der Waals surface area contributed by atoms with Crippen molar-refractivity contribution >= 4 is 23.5 Å². The average molecular weight is 369 g/mol. The molecule has 0 bridgehead atoms. The number of rotatable bonds is 5. The van der Waals surface area contributed by atoms with Gasteiger partial charge in [0, 0.05) is 39.9 Å². The van der Waals surface area contributed by atoms with Crippen LogP contribution in [0.4, 0.5) is 5.69 Å². The van der Waals surface area contributed by atoms with Gasteiger partial charge in [-0.1, -0.05) is 11.6 Å². The number of ether oxygens (including phenoxy) is 1. The van der Waals surface area contributed by atoms with E-state index in [2.05, 4.69) is 22.5 Å². The van der Waals surface area contributed by atoms with Crippen molar-refractivity contribution in [1.82, 2.24) is 4.57 Å². The highest BCUT2D eigenvalue weighted by molar-refractivity contribution is 6.30. The zero-order valence-corrected chi connectivity index (χ0v) is 15.8. The molecule has 0 aliphatic carbocycles. The quantitative estimate of drug-likeness (QED) is 0.595. The van der Waals surface area contributed by atoms with Crippen molar-refractivity contribution in [1.29, 1.82) is 0 Å². The van der Waals surface area contributed by atoms with E-state index < -0.39 is 0 Å². The van der Waals surface area contributed by atoms with Crippen LogP contribution in [0.3, 0.4) is 0 Å². The lowest BCUT2D eigenvalue weighted by molar-refractivity contribution is 0.340. The van der Waals surface area contributed by atoms with Gasteiger partial charge in [0.05, 0.1) is 6.61 Å². The van der Waals surface area contributed by atoms with Gasteiger partial charge in [-0.25, -0.2) is 0 Å². The molecule has 1 heterocycles. The number of hydrogen-bond acceptors (Lipinski definition) is 3. The fourth-order valence-corrected chi connectivity index (χ4v) is 3.08. The Bertz CT molecular complexity index is 943. The molecule has 0 unspecified atom stereocenters. The molecule has 0 aliphatic heterocycles. The fraction of sp³-hybridized carbons (Fsp3) is 0.190.